The zero-order chi connectivity index (χ0) is 13.8. The van der Waals surface area contributed by atoms with E-state index < -0.39 is 17.5 Å². The van der Waals surface area contributed by atoms with Gasteiger partial charge in [-0.25, -0.2) is 8.78 Å². The van der Waals surface area contributed by atoms with Gasteiger partial charge in [0.15, 0.2) is 11.6 Å². The number of carbonyl (C=O) groups excluding carboxylic acids is 1. The lowest BCUT2D eigenvalue weighted by molar-refractivity contribution is 0.102. The molecule has 98 valence electrons. The third kappa shape index (κ3) is 3.14. The Hall–Kier alpha value is -2.27. The number of rotatable bonds is 3. The van der Waals surface area contributed by atoms with Crippen molar-refractivity contribution in [3.63, 3.8) is 0 Å². The number of hydrogen-bond acceptors (Lipinski definition) is 2. The van der Waals surface area contributed by atoms with Crippen LogP contribution in [0.25, 0.3) is 0 Å². The summed E-state index contributed by atoms with van der Waals surface area (Å²) in [7, 11) is 0. The van der Waals surface area contributed by atoms with Gasteiger partial charge in [-0.3, -0.25) is 4.79 Å². The molecule has 2 aromatic rings. The average Bonchev–Trinajstić information content (AvgIpc) is 2.43. The van der Waals surface area contributed by atoms with Crippen molar-refractivity contribution >= 4 is 11.6 Å². The molecule has 5 heteroatoms. The van der Waals surface area contributed by atoms with Crippen LogP contribution in [0.1, 0.15) is 15.9 Å². The molecule has 0 aliphatic heterocycles. The summed E-state index contributed by atoms with van der Waals surface area (Å²) in [6, 6.07) is 9.96. The molecular weight excluding hydrogens is 250 g/mol. The van der Waals surface area contributed by atoms with Crippen molar-refractivity contribution in [2.24, 2.45) is 5.73 Å². The van der Waals surface area contributed by atoms with Crippen molar-refractivity contribution in [1.29, 1.82) is 0 Å². The molecule has 0 spiro atoms. The first-order valence-corrected chi connectivity index (χ1v) is 5.65. The van der Waals surface area contributed by atoms with Crippen molar-refractivity contribution < 1.29 is 13.6 Å². The molecule has 0 aliphatic carbocycles. The molecule has 2 rings (SSSR count). The minimum atomic E-state index is -1.01. The first-order valence-electron chi connectivity index (χ1n) is 5.65. The van der Waals surface area contributed by atoms with Gasteiger partial charge in [0.25, 0.3) is 5.91 Å². The minimum absolute atomic E-state index is 0.196. The van der Waals surface area contributed by atoms with Crippen LogP contribution in [0.2, 0.25) is 0 Å². The molecule has 0 atom stereocenters. The van der Waals surface area contributed by atoms with E-state index in [-0.39, 0.29) is 5.69 Å². The molecular formula is C14H12F2N2O. The zero-order valence-electron chi connectivity index (χ0n) is 9.99. The van der Waals surface area contributed by atoms with E-state index in [2.05, 4.69) is 5.32 Å². The van der Waals surface area contributed by atoms with Crippen molar-refractivity contribution in [2.45, 2.75) is 6.54 Å². The Kier molecular flexibility index (Phi) is 3.87. The Morgan fingerprint density at radius 3 is 2.58 bits per heavy atom. The summed E-state index contributed by atoms with van der Waals surface area (Å²) in [5, 5.41) is 2.49. The Morgan fingerprint density at radius 1 is 1.11 bits per heavy atom. The zero-order valence-corrected chi connectivity index (χ0v) is 9.99. The summed E-state index contributed by atoms with van der Waals surface area (Å²) in [5.74, 6) is -2.36. The van der Waals surface area contributed by atoms with Gasteiger partial charge >= 0.3 is 0 Å². The number of carbonyl (C=O) groups is 1. The quantitative estimate of drug-likeness (QED) is 0.893. The van der Waals surface area contributed by atoms with Gasteiger partial charge in [0.1, 0.15) is 0 Å². The molecule has 1 amide bonds. The lowest BCUT2D eigenvalue weighted by atomic mass is 10.1. The molecule has 3 nitrogen and oxygen atoms in total. The van der Waals surface area contributed by atoms with E-state index in [1.165, 1.54) is 6.07 Å². The van der Waals surface area contributed by atoms with Gasteiger partial charge in [0.05, 0.1) is 0 Å². The van der Waals surface area contributed by atoms with Crippen LogP contribution >= 0.6 is 0 Å². The van der Waals surface area contributed by atoms with E-state index in [1.54, 1.807) is 24.3 Å². The summed E-state index contributed by atoms with van der Waals surface area (Å²) in [6.45, 7) is 0.326. The summed E-state index contributed by atoms with van der Waals surface area (Å²) in [4.78, 5) is 11.9. The number of halogens is 2. The highest BCUT2D eigenvalue weighted by Crippen LogP contribution is 2.14. The molecule has 2 aromatic carbocycles. The van der Waals surface area contributed by atoms with Gasteiger partial charge in [-0.05, 0) is 29.8 Å². The molecule has 0 saturated carbocycles. The first-order chi connectivity index (χ1) is 9.10. The molecule has 0 radical (unpaired) electrons. The highest BCUT2D eigenvalue weighted by atomic mass is 19.2. The predicted octanol–water partition coefficient (Wildman–Crippen LogP) is 2.68. The normalized spacial score (nSPS) is 10.3. The second kappa shape index (κ2) is 5.58. The Labute approximate surface area is 109 Å². The number of benzene rings is 2. The molecule has 0 heterocycles. The molecule has 3 N–H and O–H groups in total. The number of hydrogen-bond donors (Lipinski definition) is 2. The number of amides is 1. The highest BCUT2D eigenvalue weighted by molar-refractivity contribution is 6.04. The molecule has 19 heavy (non-hydrogen) atoms. The topological polar surface area (TPSA) is 55.1 Å². The second-order valence-corrected chi connectivity index (χ2v) is 3.99. The largest absolute Gasteiger partial charge is 0.326 e. The van der Waals surface area contributed by atoms with Gasteiger partial charge in [-0.1, -0.05) is 12.1 Å². The molecule has 0 bridgehead atoms. The van der Waals surface area contributed by atoms with Gasteiger partial charge < -0.3 is 11.1 Å². The number of nitrogens with two attached hydrogens (primary N) is 1. The average molecular weight is 262 g/mol. The van der Waals surface area contributed by atoms with Crippen molar-refractivity contribution in [3.05, 3.63) is 65.2 Å². The molecule has 0 aromatic heterocycles. The third-order valence-electron chi connectivity index (χ3n) is 2.60. The van der Waals surface area contributed by atoms with Crippen LogP contribution in [0.4, 0.5) is 14.5 Å². The van der Waals surface area contributed by atoms with Crippen LogP contribution in [0, 0.1) is 11.6 Å². The monoisotopic (exact) mass is 262 g/mol. The summed E-state index contributed by atoms with van der Waals surface area (Å²) < 4.78 is 25.8. The van der Waals surface area contributed by atoms with E-state index in [9.17, 15) is 13.6 Å². The highest BCUT2D eigenvalue weighted by Gasteiger charge is 2.08. The SMILES string of the molecule is NCc1cccc(C(=O)Nc2ccc(F)c(F)c2)c1. The second-order valence-electron chi connectivity index (χ2n) is 3.99. The van der Waals surface area contributed by atoms with Crippen LogP contribution < -0.4 is 11.1 Å². The van der Waals surface area contributed by atoms with Crippen LogP contribution in [-0.4, -0.2) is 5.91 Å². The fraction of sp³-hybridized carbons (Fsp3) is 0.0714. The third-order valence-corrected chi connectivity index (χ3v) is 2.60. The van der Waals surface area contributed by atoms with Crippen LogP contribution in [-0.2, 0) is 6.54 Å². The summed E-state index contributed by atoms with van der Waals surface area (Å²) in [5.41, 5.74) is 6.91. The van der Waals surface area contributed by atoms with Gasteiger partial charge in [0, 0.05) is 23.9 Å². The number of anilines is 1. The fourth-order valence-electron chi connectivity index (χ4n) is 1.62. The maximum Gasteiger partial charge on any atom is 0.255 e. The van der Waals surface area contributed by atoms with Crippen LogP contribution in [0.3, 0.4) is 0 Å². The summed E-state index contributed by atoms with van der Waals surface area (Å²) >= 11 is 0. The van der Waals surface area contributed by atoms with E-state index in [0.29, 0.717) is 12.1 Å². The lowest BCUT2D eigenvalue weighted by Gasteiger charge is -2.06. The molecule has 0 saturated heterocycles. The predicted molar refractivity (Wildman–Crippen MR) is 68.6 cm³/mol. The minimum Gasteiger partial charge on any atom is -0.326 e. The van der Waals surface area contributed by atoms with Gasteiger partial charge in [-0.2, -0.15) is 0 Å². The van der Waals surface area contributed by atoms with Crippen LogP contribution in [0.15, 0.2) is 42.5 Å². The lowest BCUT2D eigenvalue weighted by Crippen LogP contribution is -2.12. The smallest absolute Gasteiger partial charge is 0.255 e. The Balaban J connectivity index is 2.18. The van der Waals surface area contributed by atoms with E-state index in [0.717, 1.165) is 17.7 Å². The molecule has 0 fully saturated rings. The van der Waals surface area contributed by atoms with Gasteiger partial charge in [0.2, 0.25) is 0 Å². The standard InChI is InChI=1S/C14H12F2N2O/c15-12-5-4-11(7-13(12)16)18-14(19)10-3-1-2-9(6-10)8-17/h1-7H,8,17H2,(H,18,19). The van der Waals surface area contributed by atoms with Crippen molar-refractivity contribution in [1.82, 2.24) is 0 Å². The summed E-state index contributed by atoms with van der Waals surface area (Å²) in [6.07, 6.45) is 0. The first kappa shape index (κ1) is 13.2. The van der Waals surface area contributed by atoms with Crippen LogP contribution in [0.5, 0.6) is 0 Å². The van der Waals surface area contributed by atoms with E-state index in [4.69, 9.17) is 5.73 Å². The van der Waals surface area contributed by atoms with Gasteiger partial charge in [-0.15, -0.1) is 0 Å². The number of nitrogens with one attached hydrogen (secondary N) is 1. The van der Waals surface area contributed by atoms with E-state index in [1.807, 2.05) is 0 Å². The maximum atomic E-state index is 13.0. The Morgan fingerprint density at radius 2 is 1.89 bits per heavy atom. The van der Waals surface area contributed by atoms with E-state index >= 15 is 0 Å². The maximum absolute atomic E-state index is 13.0. The molecule has 0 aliphatic rings. The fourth-order valence-corrected chi connectivity index (χ4v) is 1.62. The Bertz CT molecular complexity index is 614. The molecule has 0 unspecified atom stereocenters. The van der Waals surface area contributed by atoms with Crippen molar-refractivity contribution in [2.75, 3.05) is 5.32 Å². The van der Waals surface area contributed by atoms with Crippen molar-refractivity contribution in [3.8, 4) is 0 Å².